The van der Waals surface area contributed by atoms with Gasteiger partial charge in [0, 0.05) is 6.54 Å². The summed E-state index contributed by atoms with van der Waals surface area (Å²) >= 11 is 0. The normalized spacial score (nSPS) is 16.9. The molecule has 7 nitrogen and oxygen atoms in total. The summed E-state index contributed by atoms with van der Waals surface area (Å²) in [5, 5.41) is 2.48. The van der Waals surface area contributed by atoms with E-state index in [1.54, 1.807) is 12.1 Å². The molecule has 0 saturated heterocycles. The molecule has 0 radical (unpaired) electrons. The number of hydrogen-bond donors (Lipinski definition) is 1. The van der Waals surface area contributed by atoms with Crippen molar-refractivity contribution >= 4 is 21.9 Å². The Morgan fingerprint density at radius 2 is 1.75 bits per heavy atom. The van der Waals surface area contributed by atoms with E-state index in [1.807, 2.05) is 31.2 Å². The van der Waals surface area contributed by atoms with E-state index in [-0.39, 0.29) is 24.4 Å². The van der Waals surface area contributed by atoms with Crippen molar-refractivity contribution in [3.05, 3.63) is 65.2 Å². The number of carbonyl (C=O) groups excluding carboxylic acids is 2. The molecule has 1 aliphatic rings. The van der Waals surface area contributed by atoms with E-state index >= 15 is 0 Å². The monoisotopic (exact) mass is 402 g/mol. The number of esters is 1. The Morgan fingerprint density at radius 1 is 1.11 bits per heavy atom. The molecule has 8 heteroatoms. The van der Waals surface area contributed by atoms with Crippen molar-refractivity contribution < 1.29 is 22.7 Å². The average Bonchev–Trinajstić information content (AvgIpc) is 2.71. The van der Waals surface area contributed by atoms with Crippen LogP contribution in [0.15, 0.2) is 53.4 Å². The van der Waals surface area contributed by atoms with Crippen LogP contribution in [-0.4, -0.2) is 44.3 Å². The summed E-state index contributed by atoms with van der Waals surface area (Å²) in [5.41, 5.74) is 2.71. The smallest absolute Gasteiger partial charge is 0.325 e. The van der Waals surface area contributed by atoms with Crippen LogP contribution in [0.4, 0.5) is 0 Å². The van der Waals surface area contributed by atoms with E-state index < -0.39 is 27.9 Å². The van der Waals surface area contributed by atoms with E-state index in [1.165, 1.54) is 23.5 Å². The van der Waals surface area contributed by atoms with E-state index in [4.69, 9.17) is 0 Å². The van der Waals surface area contributed by atoms with Crippen LogP contribution < -0.4 is 5.32 Å². The molecule has 1 amide bonds. The highest BCUT2D eigenvalue weighted by atomic mass is 32.2. The van der Waals surface area contributed by atoms with Crippen molar-refractivity contribution in [1.29, 1.82) is 0 Å². The summed E-state index contributed by atoms with van der Waals surface area (Å²) in [7, 11) is -2.68. The Hall–Kier alpha value is -2.71. The topological polar surface area (TPSA) is 92.8 Å². The molecule has 0 bridgehead atoms. The molecule has 1 atom stereocenters. The van der Waals surface area contributed by atoms with Crippen molar-refractivity contribution in [3.8, 4) is 0 Å². The molecule has 2 aromatic rings. The zero-order valence-electron chi connectivity index (χ0n) is 15.7. The highest BCUT2D eigenvalue weighted by Crippen LogP contribution is 2.29. The van der Waals surface area contributed by atoms with Crippen molar-refractivity contribution in [1.82, 2.24) is 9.62 Å². The molecular weight excluding hydrogens is 380 g/mol. The van der Waals surface area contributed by atoms with Crippen molar-refractivity contribution in [2.24, 2.45) is 0 Å². The van der Waals surface area contributed by atoms with Crippen LogP contribution >= 0.6 is 0 Å². The summed E-state index contributed by atoms with van der Waals surface area (Å²) in [4.78, 5) is 24.2. The first-order chi connectivity index (χ1) is 13.3. The van der Waals surface area contributed by atoms with Crippen LogP contribution in [0.25, 0.3) is 0 Å². The van der Waals surface area contributed by atoms with Gasteiger partial charge < -0.3 is 10.1 Å². The highest BCUT2D eigenvalue weighted by Gasteiger charge is 2.39. The third-order valence-corrected chi connectivity index (χ3v) is 6.64. The third kappa shape index (κ3) is 4.07. The number of amides is 1. The number of benzene rings is 2. The van der Waals surface area contributed by atoms with E-state index in [0.29, 0.717) is 0 Å². The minimum atomic E-state index is -3.90. The van der Waals surface area contributed by atoms with Gasteiger partial charge in [-0.15, -0.1) is 0 Å². The molecule has 1 N–H and O–H groups in total. The SMILES string of the molecule is COC(=O)CNC(=O)C1Cc2ccccc2CN1S(=O)(=O)c1ccc(C)cc1. The first-order valence-electron chi connectivity index (χ1n) is 8.82. The molecule has 0 saturated carbocycles. The molecule has 0 aromatic heterocycles. The fourth-order valence-corrected chi connectivity index (χ4v) is 4.74. The molecule has 0 spiro atoms. The van der Waals surface area contributed by atoms with Crippen LogP contribution in [0, 0.1) is 6.92 Å². The number of rotatable bonds is 5. The number of nitrogens with one attached hydrogen (secondary N) is 1. The van der Waals surface area contributed by atoms with Crippen LogP contribution in [0.3, 0.4) is 0 Å². The van der Waals surface area contributed by atoms with Gasteiger partial charge in [-0.25, -0.2) is 8.42 Å². The van der Waals surface area contributed by atoms with Gasteiger partial charge in [-0.2, -0.15) is 4.31 Å². The molecule has 3 rings (SSSR count). The number of carbonyl (C=O) groups is 2. The quantitative estimate of drug-likeness (QED) is 0.763. The zero-order valence-corrected chi connectivity index (χ0v) is 16.5. The fraction of sp³-hybridized carbons (Fsp3) is 0.300. The predicted molar refractivity (Wildman–Crippen MR) is 103 cm³/mol. The summed E-state index contributed by atoms with van der Waals surface area (Å²) in [6.07, 6.45) is 0.230. The third-order valence-electron chi connectivity index (χ3n) is 4.77. The zero-order chi connectivity index (χ0) is 20.3. The molecule has 2 aromatic carbocycles. The maximum atomic E-state index is 13.3. The first-order valence-corrected chi connectivity index (χ1v) is 10.3. The van der Waals surface area contributed by atoms with E-state index in [0.717, 1.165) is 16.7 Å². The number of nitrogens with zero attached hydrogens (tertiary/aromatic N) is 1. The summed E-state index contributed by atoms with van der Waals surface area (Å²) < 4.78 is 32.3. The molecular formula is C20H22N2O5S. The molecule has 1 heterocycles. The summed E-state index contributed by atoms with van der Waals surface area (Å²) in [6, 6.07) is 13.0. The van der Waals surface area contributed by atoms with Gasteiger partial charge in [0.1, 0.15) is 12.6 Å². The lowest BCUT2D eigenvalue weighted by Gasteiger charge is -2.35. The number of methoxy groups -OCH3 is 1. The van der Waals surface area contributed by atoms with Gasteiger partial charge >= 0.3 is 5.97 Å². The van der Waals surface area contributed by atoms with Gasteiger partial charge in [0.2, 0.25) is 15.9 Å². The molecule has 148 valence electrons. The van der Waals surface area contributed by atoms with E-state index in [2.05, 4.69) is 10.1 Å². The average molecular weight is 402 g/mol. The molecule has 0 aliphatic carbocycles. The second-order valence-corrected chi connectivity index (χ2v) is 8.54. The minimum Gasteiger partial charge on any atom is -0.468 e. The highest BCUT2D eigenvalue weighted by molar-refractivity contribution is 7.89. The lowest BCUT2D eigenvalue weighted by atomic mass is 9.95. The van der Waals surface area contributed by atoms with Crippen LogP contribution in [0.1, 0.15) is 16.7 Å². The van der Waals surface area contributed by atoms with Crippen LogP contribution in [0.5, 0.6) is 0 Å². The lowest BCUT2D eigenvalue weighted by molar-refractivity contribution is -0.141. The molecule has 0 fully saturated rings. The maximum Gasteiger partial charge on any atom is 0.325 e. The van der Waals surface area contributed by atoms with Gasteiger partial charge in [-0.05, 0) is 36.6 Å². The molecule has 1 unspecified atom stereocenters. The first kappa shape index (κ1) is 20.0. The molecule has 28 heavy (non-hydrogen) atoms. The Bertz CT molecular complexity index is 986. The van der Waals surface area contributed by atoms with E-state index in [9.17, 15) is 18.0 Å². The van der Waals surface area contributed by atoms with Crippen molar-refractivity contribution in [3.63, 3.8) is 0 Å². The number of hydrogen-bond acceptors (Lipinski definition) is 5. The Labute approximate surface area is 164 Å². The minimum absolute atomic E-state index is 0.0860. The largest absolute Gasteiger partial charge is 0.468 e. The summed E-state index contributed by atoms with van der Waals surface area (Å²) in [6.45, 7) is 1.64. The maximum absolute atomic E-state index is 13.3. The standard InChI is InChI=1S/C20H22N2O5S/c1-14-7-9-17(10-8-14)28(25,26)22-13-16-6-4-3-5-15(16)11-18(22)20(24)21-12-19(23)27-2/h3-10,18H,11-13H2,1-2H3,(H,21,24). The summed E-state index contributed by atoms with van der Waals surface area (Å²) in [5.74, 6) is -1.13. The van der Waals surface area contributed by atoms with Gasteiger partial charge in [-0.1, -0.05) is 42.0 Å². The fourth-order valence-electron chi connectivity index (χ4n) is 3.17. The lowest BCUT2D eigenvalue weighted by Crippen LogP contribution is -2.53. The van der Waals surface area contributed by atoms with Crippen LogP contribution in [-0.2, 0) is 37.3 Å². The van der Waals surface area contributed by atoms with Gasteiger partial charge in [0.05, 0.1) is 12.0 Å². The van der Waals surface area contributed by atoms with Crippen molar-refractivity contribution in [2.75, 3.05) is 13.7 Å². The van der Waals surface area contributed by atoms with Gasteiger partial charge in [0.25, 0.3) is 0 Å². The Kier molecular flexibility index (Phi) is 5.81. The van der Waals surface area contributed by atoms with Gasteiger partial charge in [0.15, 0.2) is 0 Å². The number of fused-ring (bicyclic) bond motifs is 1. The van der Waals surface area contributed by atoms with Gasteiger partial charge in [-0.3, -0.25) is 9.59 Å². The van der Waals surface area contributed by atoms with Crippen molar-refractivity contribution in [2.45, 2.75) is 30.8 Å². The number of aryl methyl sites for hydroxylation is 1. The molecule has 1 aliphatic heterocycles. The van der Waals surface area contributed by atoms with Crippen LogP contribution in [0.2, 0.25) is 0 Å². The number of ether oxygens (including phenoxy) is 1. The Morgan fingerprint density at radius 3 is 2.39 bits per heavy atom. The Balaban J connectivity index is 1.96. The second-order valence-electron chi connectivity index (χ2n) is 6.65. The predicted octanol–water partition coefficient (Wildman–Crippen LogP) is 1.40. The second kappa shape index (κ2) is 8.12. The number of sulfonamides is 1.